The number of hydrogen-bond acceptors (Lipinski definition) is 6. The first-order valence-corrected chi connectivity index (χ1v) is 9.79. The number of carbonyl (C=O) groups is 1. The number of aromatic nitrogens is 2. The Morgan fingerprint density at radius 1 is 1.23 bits per heavy atom. The fourth-order valence-corrected chi connectivity index (χ4v) is 3.38. The van der Waals surface area contributed by atoms with Crippen molar-refractivity contribution in [1.82, 2.24) is 10.1 Å². The lowest BCUT2D eigenvalue weighted by Gasteiger charge is -2.16. The number of benzene rings is 2. The summed E-state index contributed by atoms with van der Waals surface area (Å²) in [4.78, 5) is 18.5. The topological polar surface area (TPSA) is 77.7 Å². The first kappa shape index (κ1) is 19.9. The molecular weight excluding hydrogens is 389 g/mol. The number of nitrogens with zero attached hydrogens (tertiary/aromatic N) is 3. The zero-order valence-electron chi connectivity index (χ0n) is 16.8. The van der Waals surface area contributed by atoms with Crippen LogP contribution in [0.5, 0.6) is 11.5 Å². The second-order valence-electron chi connectivity index (χ2n) is 7.05. The van der Waals surface area contributed by atoms with E-state index in [-0.39, 0.29) is 24.0 Å². The molecule has 3 aromatic rings. The van der Waals surface area contributed by atoms with E-state index in [1.165, 1.54) is 24.1 Å². The summed E-state index contributed by atoms with van der Waals surface area (Å²) in [7, 11) is 1.40. The van der Waals surface area contributed by atoms with Gasteiger partial charge in [0.2, 0.25) is 17.6 Å². The molecule has 1 aromatic heterocycles. The molecule has 8 heteroatoms. The minimum Gasteiger partial charge on any atom is -0.494 e. The third kappa shape index (κ3) is 3.98. The third-order valence-corrected chi connectivity index (χ3v) is 4.95. The van der Waals surface area contributed by atoms with Gasteiger partial charge >= 0.3 is 0 Å². The zero-order chi connectivity index (χ0) is 21.1. The first-order valence-electron chi connectivity index (χ1n) is 9.79. The van der Waals surface area contributed by atoms with Gasteiger partial charge in [0.05, 0.1) is 19.6 Å². The maximum absolute atomic E-state index is 14.0. The van der Waals surface area contributed by atoms with Crippen molar-refractivity contribution in [3.8, 4) is 22.9 Å². The molecule has 7 nitrogen and oxygen atoms in total. The van der Waals surface area contributed by atoms with E-state index in [4.69, 9.17) is 14.0 Å². The van der Waals surface area contributed by atoms with Crippen LogP contribution < -0.4 is 14.4 Å². The van der Waals surface area contributed by atoms with Crippen molar-refractivity contribution >= 4 is 11.6 Å². The highest BCUT2D eigenvalue weighted by Crippen LogP contribution is 2.33. The van der Waals surface area contributed by atoms with E-state index >= 15 is 0 Å². The summed E-state index contributed by atoms with van der Waals surface area (Å²) in [6.45, 7) is 3.06. The molecule has 1 aliphatic rings. The van der Waals surface area contributed by atoms with Crippen molar-refractivity contribution in [2.24, 2.45) is 0 Å². The summed E-state index contributed by atoms with van der Waals surface area (Å²) in [5, 5.41) is 4.05. The van der Waals surface area contributed by atoms with Gasteiger partial charge in [-0.1, -0.05) is 12.1 Å². The molecule has 1 saturated heterocycles. The Labute approximate surface area is 173 Å². The number of carbonyl (C=O) groups excluding carboxylic acids is 1. The Hall–Kier alpha value is -3.42. The van der Waals surface area contributed by atoms with E-state index in [0.29, 0.717) is 30.6 Å². The molecule has 0 aliphatic carbocycles. The maximum atomic E-state index is 14.0. The van der Waals surface area contributed by atoms with Gasteiger partial charge in [-0.2, -0.15) is 4.98 Å². The fraction of sp³-hybridized carbons (Fsp3) is 0.318. The molecule has 1 unspecified atom stereocenters. The van der Waals surface area contributed by atoms with Crippen LogP contribution in [0.2, 0.25) is 0 Å². The van der Waals surface area contributed by atoms with Gasteiger partial charge < -0.3 is 18.9 Å². The average molecular weight is 411 g/mol. The predicted molar refractivity (Wildman–Crippen MR) is 108 cm³/mol. The average Bonchev–Trinajstić information content (AvgIpc) is 3.39. The SMILES string of the molecule is CCCOc1ccc(-c2noc(C3CC(=O)N(c4ccc(OC)c(F)c4)C3)n2)cc1. The Kier molecular flexibility index (Phi) is 5.65. The van der Waals surface area contributed by atoms with Crippen molar-refractivity contribution in [1.29, 1.82) is 0 Å². The van der Waals surface area contributed by atoms with Gasteiger partial charge in [-0.15, -0.1) is 0 Å². The molecular formula is C22H22FN3O4. The van der Waals surface area contributed by atoms with Crippen LogP contribution in [0, 0.1) is 5.82 Å². The largest absolute Gasteiger partial charge is 0.494 e. The third-order valence-electron chi connectivity index (χ3n) is 4.95. The number of amides is 1. The highest BCUT2D eigenvalue weighted by molar-refractivity contribution is 5.96. The van der Waals surface area contributed by atoms with Crippen LogP contribution in [0.25, 0.3) is 11.4 Å². The Bertz CT molecular complexity index is 1040. The van der Waals surface area contributed by atoms with Gasteiger partial charge in [-0.25, -0.2) is 4.39 Å². The number of halogens is 1. The lowest BCUT2D eigenvalue weighted by Crippen LogP contribution is -2.24. The van der Waals surface area contributed by atoms with Crippen molar-refractivity contribution in [3.05, 3.63) is 54.2 Å². The molecule has 0 N–H and O–H groups in total. The van der Waals surface area contributed by atoms with E-state index < -0.39 is 5.82 Å². The molecule has 30 heavy (non-hydrogen) atoms. The molecule has 1 amide bonds. The minimum atomic E-state index is -0.516. The van der Waals surface area contributed by atoms with Crippen molar-refractivity contribution in [2.75, 3.05) is 25.2 Å². The normalized spacial score (nSPS) is 16.2. The van der Waals surface area contributed by atoms with Crippen LogP contribution >= 0.6 is 0 Å². The second kappa shape index (κ2) is 8.52. The predicted octanol–water partition coefficient (Wildman–Crippen LogP) is 4.19. The lowest BCUT2D eigenvalue weighted by atomic mass is 10.1. The highest BCUT2D eigenvalue weighted by atomic mass is 19.1. The van der Waals surface area contributed by atoms with Gasteiger partial charge in [0.1, 0.15) is 5.75 Å². The van der Waals surface area contributed by atoms with Crippen LogP contribution in [0.3, 0.4) is 0 Å². The molecule has 0 radical (unpaired) electrons. The summed E-state index contributed by atoms with van der Waals surface area (Å²) in [6.07, 6.45) is 1.16. The molecule has 4 rings (SSSR count). The van der Waals surface area contributed by atoms with Crippen LogP contribution in [0.4, 0.5) is 10.1 Å². The molecule has 1 atom stereocenters. The standard InChI is InChI=1S/C22H22FN3O4/c1-3-10-29-17-7-4-14(5-8-17)21-24-22(30-25-21)15-11-20(27)26(13-15)16-6-9-19(28-2)18(23)12-16/h4-9,12,15H,3,10-11,13H2,1-2H3. The summed E-state index contributed by atoms with van der Waals surface area (Å²) in [5.74, 6) is 0.868. The van der Waals surface area contributed by atoms with Gasteiger partial charge in [0, 0.05) is 30.3 Å². The van der Waals surface area contributed by atoms with E-state index in [1.54, 1.807) is 6.07 Å². The van der Waals surface area contributed by atoms with E-state index in [9.17, 15) is 9.18 Å². The van der Waals surface area contributed by atoms with E-state index in [1.807, 2.05) is 24.3 Å². The monoisotopic (exact) mass is 411 g/mol. The molecule has 0 saturated carbocycles. The Morgan fingerprint density at radius 3 is 2.73 bits per heavy atom. The van der Waals surface area contributed by atoms with Crippen LogP contribution in [0.1, 0.15) is 31.6 Å². The number of hydrogen-bond donors (Lipinski definition) is 0. The van der Waals surface area contributed by atoms with Crippen LogP contribution in [-0.2, 0) is 4.79 Å². The Morgan fingerprint density at radius 2 is 2.03 bits per heavy atom. The van der Waals surface area contributed by atoms with Gasteiger partial charge in [-0.05, 0) is 42.8 Å². The fourth-order valence-electron chi connectivity index (χ4n) is 3.38. The Balaban J connectivity index is 1.47. The molecule has 2 aromatic carbocycles. The molecule has 1 aliphatic heterocycles. The number of methoxy groups -OCH3 is 1. The molecule has 156 valence electrons. The number of rotatable bonds is 7. The molecule has 0 bridgehead atoms. The van der Waals surface area contributed by atoms with Crippen LogP contribution in [0.15, 0.2) is 47.0 Å². The van der Waals surface area contributed by atoms with Crippen molar-refractivity contribution in [3.63, 3.8) is 0 Å². The summed E-state index contributed by atoms with van der Waals surface area (Å²) in [6, 6.07) is 11.9. The van der Waals surface area contributed by atoms with Crippen molar-refractivity contribution < 1.29 is 23.2 Å². The molecule has 0 spiro atoms. The van der Waals surface area contributed by atoms with E-state index in [0.717, 1.165) is 17.7 Å². The minimum absolute atomic E-state index is 0.123. The number of anilines is 1. The summed E-state index contributed by atoms with van der Waals surface area (Å²) >= 11 is 0. The zero-order valence-corrected chi connectivity index (χ0v) is 16.8. The second-order valence-corrected chi connectivity index (χ2v) is 7.05. The summed E-state index contributed by atoms with van der Waals surface area (Å²) in [5.41, 5.74) is 1.27. The van der Waals surface area contributed by atoms with E-state index in [2.05, 4.69) is 17.1 Å². The van der Waals surface area contributed by atoms with Gasteiger partial charge in [0.25, 0.3) is 0 Å². The van der Waals surface area contributed by atoms with Gasteiger partial charge in [-0.3, -0.25) is 4.79 Å². The molecule has 1 fully saturated rings. The maximum Gasteiger partial charge on any atom is 0.232 e. The summed E-state index contributed by atoms with van der Waals surface area (Å²) < 4.78 is 30.0. The smallest absolute Gasteiger partial charge is 0.232 e. The highest BCUT2D eigenvalue weighted by Gasteiger charge is 2.35. The quantitative estimate of drug-likeness (QED) is 0.580. The first-order chi connectivity index (χ1) is 14.6. The number of ether oxygens (including phenoxy) is 2. The van der Waals surface area contributed by atoms with Crippen LogP contribution in [-0.4, -0.2) is 36.3 Å². The van der Waals surface area contributed by atoms with Crippen molar-refractivity contribution in [2.45, 2.75) is 25.7 Å². The molecule has 2 heterocycles. The van der Waals surface area contributed by atoms with Gasteiger partial charge in [0.15, 0.2) is 11.6 Å². The lowest BCUT2D eigenvalue weighted by molar-refractivity contribution is -0.117.